The number of aryl methyl sites for hydroxylation is 2. The molecule has 1 spiro atoms. The third-order valence-electron chi connectivity index (χ3n) is 5.30. The van der Waals surface area contributed by atoms with Gasteiger partial charge >= 0.3 is 0 Å². The van der Waals surface area contributed by atoms with Crippen LogP contribution in [0.2, 0.25) is 0 Å². The van der Waals surface area contributed by atoms with Crippen LogP contribution in [-0.2, 0) is 32.1 Å². The summed E-state index contributed by atoms with van der Waals surface area (Å²) in [5.41, 5.74) is 9.81. The maximum absolute atomic E-state index is 2.46. The molecule has 2 aliphatic rings. The molecule has 0 bridgehead atoms. The molecule has 0 heterocycles. The second-order valence-corrected chi connectivity index (χ2v) is 6.94. The Bertz CT molecular complexity index is 680. The fraction of sp³-hybridized carbons (Fsp3) is 0.400. The average Bonchev–Trinajstić information content (AvgIpc) is 2.95. The van der Waals surface area contributed by atoms with Crippen LogP contribution >= 0.6 is 0 Å². The molecule has 0 fully saturated rings. The molecular formula is C20H22. The monoisotopic (exact) mass is 262 g/mol. The van der Waals surface area contributed by atoms with Crippen molar-refractivity contribution in [1.29, 1.82) is 0 Å². The molecular weight excluding hydrogens is 240 g/mol. The second-order valence-electron chi connectivity index (χ2n) is 6.94. The number of hydrogen-bond donors (Lipinski definition) is 0. The Morgan fingerprint density at radius 2 is 1.40 bits per heavy atom. The molecule has 0 aliphatic heterocycles. The van der Waals surface area contributed by atoms with E-state index in [1.54, 1.807) is 22.3 Å². The molecule has 0 saturated carbocycles. The number of rotatable bonds is 1. The van der Waals surface area contributed by atoms with E-state index in [0.29, 0.717) is 5.41 Å². The van der Waals surface area contributed by atoms with E-state index in [0.717, 1.165) is 6.42 Å². The summed E-state index contributed by atoms with van der Waals surface area (Å²) in [6, 6.07) is 14.2. The zero-order valence-electron chi connectivity index (χ0n) is 12.5. The van der Waals surface area contributed by atoms with Gasteiger partial charge in [-0.2, -0.15) is 0 Å². The van der Waals surface area contributed by atoms with Gasteiger partial charge in [0.2, 0.25) is 0 Å². The highest BCUT2D eigenvalue weighted by atomic mass is 14.5. The van der Waals surface area contributed by atoms with E-state index in [2.05, 4.69) is 50.2 Å². The molecule has 0 heteroatoms. The maximum atomic E-state index is 2.46. The standard InChI is InChI=1S/C20H22/c1-3-15-5-7-17-11-20(13-19(17)9-15)10-16-6-4-14(2)8-18(16)12-20/h4-9H,3,10-13H2,1-2H3/t20-/m1/s1. The highest BCUT2D eigenvalue weighted by Gasteiger charge is 2.41. The Morgan fingerprint density at radius 3 is 2.10 bits per heavy atom. The molecule has 0 aromatic heterocycles. The van der Waals surface area contributed by atoms with Gasteiger partial charge in [-0.1, -0.05) is 48.9 Å². The zero-order chi connectivity index (χ0) is 13.7. The van der Waals surface area contributed by atoms with E-state index in [4.69, 9.17) is 0 Å². The summed E-state index contributed by atoms with van der Waals surface area (Å²) in [5.74, 6) is 0. The molecule has 2 aliphatic carbocycles. The van der Waals surface area contributed by atoms with Crippen LogP contribution in [0, 0.1) is 12.3 Å². The lowest BCUT2D eigenvalue weighted by atomic mass is 9.82. The van der Waals surface area contributed by atoms with Crippen molar-refractivity contribution in [3.63, 3.8) is 0 Å². The lowest BCUT2D eigenvalue weighted by molar-refractivity contribution is 0.326. The van der Waals surface area contributed by atoms with Crippen molar-refractivity contribution in [2.45, 2.75) is 46.0 Å². The number of hydrogen-bond acceptors (Lipinski definition) is 0. The van der Waals surface area contributed by atoms with Crippen LogP contribution in [-0.4, -0.2) is 0 Å². The Hall–Kier alpha value is -1.56. The fourth-order valence-corrected chi connectivity index (χ4v) is 4.32. The van der Waals surface area contributed by atoms with Gasteiger partial charge in [-0.15, -0.1) is 0 Å². The second kappa shape index (κ2) is 4.22. The molecule has 0 amide bonds. The minimum absolute atomic E-state index is 0.491. The predicted octanol–water partition coefficient (Wildman–Crippen LogP) is 4.44. The maximum Gasteiger partial charge on any atom is -0.0136 e. The Balaban J connectivity index is 1.67. The summed E-state index contributed by atoms with van der Waals surface area (Å²) >= 11 is 0. The first kappa shape index (κ1) is 12.2. The van der Waals surface area contributed by atoms with E-state index in [1.807, 2.05) is 0 Å². The summed E-state index contributed by atoms with van der Waals surface area (Å²) in [6.07, 6.45) is 6.27. The Morgan fingerprint density at radius 1 is 0.800 bits per heavy atom. The predicted molar refractivity (Wildman–Crippen MR) is 84.2 cm³/mol. The lowest BCUT2D eigenvalue weighted by Gasteiger charge is -2.21. The van der Waals surface area contributed by atoms with Crippen LogP contribution in [0.1, 0.15) is 40.3 Å². The van der Waals surface area contributed by atoms with Gasteiger partial charge in [0, 0.05) is 0 Å². The molecule has 0 N–H and O–H groups in total. The van der Waals surface area contributed by atoms with E-state index in [-0.39, 0.29) is 0 Å². The van der Waals surface area contributed by atoms with Crippen molar-refractivity contribution >= 4 is 0 Å². The minimum atomic E-state index is 0.491. The van der Waals surface area contributed by atoms with Crippen LogP contribution in [0.3, 0.4) is 0 Å². The van der Waals surface area contributed by atoms with Crippen LogP contribution in [0.25, 0.3) is 0 Å². The molecule has 2 aromatic carbocycles. The highest BCUT2D eigenvalue weighted by Crippen LogP contribution is 2.47. The summed E-state index contributed by atoms with van der Waals surface area (Å²) in [4.78, 5) is 0. The first-order valence-electron chi connectivity index (χ1n) is 7.87. The molecule has 2 aromatic rings. The van der Waals surface area contributed by atoms with Crippen LogP contribution < -0.4 is 0 Å². The zero-order valence-corrected chi connectivity index (χ0v) is 12.5. The van der Waals surface area contributed by atoms with Gasteiger partial charge in [-0.05, 0) is 72.3 Å². The van der Waals surface area contributed by atoms with Crippen LogP contribution in [0.5, 0.6) is 0 Å². The lowest BCUT2D eigenvalue weighted by Crippen LogP contribution is -2.21. The fourth-order valence-electron chi connectivity index (χ4n) is 4.32. The SMILES string of the molecule is CCc1ccc2c(c1)C[C@]1(Cc3ccc(C)cc3C1)C2. The molecule has 0 radical (unpaired) electrons. The normalized spacial score (nSPS) is 23.1. The summed E-state index contributed by atoms with van der Waals surface area (Å²) in [5, 5.41) is 0. The largest absolute Gasteiger partial charge is 0.0613 e. The van der Waals surface area contributed by atoms with Crippen molar-refractivity contribution in [2.24, 2.45) is 5.41 Å². The van der Waals surface area contributed by atoms with Gasteiger partial charge < -0.3 is 0 Å². The Labute approximate surface area is 121 Å². The third kappa shape index (κ3) is 1.82. The first-order valence-corrected chi connectivity index (χ1v) is 7.87. The van der Waals surface area contributed by atoms with Crippen molar-refractivity contribution in [3.05, 3.63) is 69.8 Å². The smallest absolute Gasteiger partial charge is 0.0136 e. The topological polar surface area (TPSA) is 0 Å². The summed E-state index contributed by atoms with van der Waals surface area (Å²) in [7, 11) is 0. The summed E-state index contributed by atoms with van der Waals surface area (Å²) in [6.45, 7) is 4.46. The first-order chi connectivity index (χ1) is 9.67. The Kier molecular flexibility index (Phi) is 2.57. The number of benzene rings is 2. The van der Waals surface area contributed by atoms with E-state index in [9.17, 15) is 0 Å². The van der Waals surface area contributed by atoms with Crippen molar-refractivity contribution in [1.82, 2.24) is 0 Å². The molecule has 4 rings (SSSR count). The summed E-state index contributed by atoms with van der Waals surface area (Å²) < 4.78 is 0. The van der Waals surface area contributed by atoms with Crippen molar-refractivity contribution < 1.29 is 0 Å². The van der Waals surface area contributed by atoms with E-state index >= 15 is 0 Å². The van der Waals surface area contributed by atoms with Crippen molar-refractivity contribution in [3.8, 4) is 0 Å². The quantitative estimate of drug-likeness (QED) is 0.712. The van der Waals surface area contributed by atoms with Crippen LogP contribution in [0.15, 0.2) is 36.4 Å². The molecule has 20 heavy (non-hydrogen) atoms. The minimum Gasteiger partial charge on any atom is -0.0613 e. The van der Waals surface area contributed by atoms with E-state index in [1.165, 1.54) is 36.8 Å². The molecule has 102 valence electrons. The molecule has 0 unspecified atom stereocenters. The highest BCUT2D eigenvalue weighted by molar-refractivity contribution is 5.44. The van der Waals surface area contributed by atoms with Gasteiger partial charge in [-0.25, -0.2) is 0 Å². The van der Waals surface area contributed by atoms with Crippen molar-refractivity contribution in [2.75, 3.05) is 0 Å². The van der Waals surface area contributed by atoms with Crippen LogP contribution in [0.4, 0.5) is 0 Å². The van der Waals surface area contributed by atoms with E-state index < -0.39 is 0 Å². The molecule has 0 saturated heterocycles. The number of fused-ring (bicyclic) bond motifs is 2. The third-order valence-corrected chi connectivity index (χ3v) is 5.30. The molecule has 1 atom stereocenters. The van der Waals surface area contributed by atoms with Gasteiger partial charge in [0.05, 0.1) is 0 Å². The van der Waals surface area contributed by atoms with Gasteiger partial charge in [-0.3, -0.25) is 0 Å². The van der Waals surface area contributed by atoms with Gasteiger partial charge in [0.1, 0.15) is 0 Å². The molecule has 0 nitrogen and oxygen atoms in total. The van der Waals surface area contributed by atoms with Gasteiger partial charge in [0.25, 0.3) is 0 Å². The van der Waals surface area contributed by atoms with Gasteiger partial charge in [0.15, 0.2) is 0 Å². The average molecular weight is 262 g/mol.